The van der Waals surface area contributed by atoms with Crippen LogP contribution in [0.2, 0.25) is 0 Å². The summed E-state index contributed by atoms with van der Waals surface area (Å²) in [7, 11) is 0. The van der Waals surface area contributed by atoms with E-state index in [1.165, 1.54) is 0 Å². The molecule has 0 saturated heterocycles. The van der Waals surface area contributed by atoms with E-state index < -0.39 is 63.5 Å². The third-order valence-electron chi connectivity index (χ3n) is 2.59. The minimum absolute atomic E-state index is 1.92. The molecule has 9 heteroatoms. The molecule has 0 aliphatic rings. The number of hydrogen-bond acceptors (Lipinski definition) is 0. The molecule has 0 spiro atoms. The van der Waals surface area contributed by atoms with E-state index in [1.54, 1.807) is 0 Å². The van der Waals surface area contributed by atoms with Crippen molar-refractivity contribution in [1.82, 2.24) is 0 Å². The van der Waals surface area contributed by atoms with Crippen molar-refractivity contribution in [3.05, 3.63) is 46.3 Å². The van der Waals surface area contributed by atoms with E-state index in [9.17, 15) is 39.5 Å². The first kappa shape index (κ1) is 14.5. The van der Waals surface area contributed by atoms with Gasteiger partial charge in [0, 0.05) is 0 Å². The standard InChI is InChI=1S/C11HF9/c12-4-1-2(5(13)8(16)3(4)11(19)20)7(15)10(18)9(17)6(1)14/h11H. The second kappa shape index (κ2) is 4.57. The molecule has 0 aromatic heterocycles. The van der Waals surface area contributed by atoms with Gasteiger partial charge in [-0.15, -0.1) is 0 Å². The number of benzene rings is 2. The van der Waals surface area contributed by atoms with E-state index in [0.29, 0.717) is 0 Å². The zero-order valence-electron chi connectivity index (χ0n) is 8.98. The van der Waals surface area contributed by atoms with E-state index in [2.05, 4.69) is 0 Å². The Morgan fingerprint density at radius 1 is 0.450 bits per heavy atom. The Morgan fingerprint density at radius 2 is 0.800 bits per heavy atom. The first-order valence-corrected chi connectivity index (χ1v) is 4.80. The van der Waals surface area contributed by atoms with E-state index in [4.69, 9.17) is 0 Å². The van der Waals surface area contributed by atoms with Crippen molar-refractivity contribution in [3.63, 3.8) is 0 Å². The van der Waals surface area contributed by atoms with Gasteiger partial charge in [0.1, 0.15) is 5.82 Å². The van der Waals surface area contributed by atoms with Crippen LogP contribution in [0.1, 0.15) is 12.0 Å². The minimum Gasteiger partial charge on any atom is -0.206 e. The summed E-state index contributed by atoms with van der Waals surface area (Å²) in [6, 6.07) is 0. The third kappa shape index (κ3) is 1.72. The number of fused-ring (bicyclic) bond motifs is 1. The molecule has 0 nitrogen and oxygen atoms in total. The SMILES string of the molecule is Fc1c(F)c(F)c2c(F)c(C(F)F)c(F)c(F)c2c1F. The van der Waals surface area contributed by atoms with Gasteiger partial charge >= 0.3 is 0 Å². The summed E-state index contributed by atoms with van der Waals surface area (Å²) in [5, 5.41) is -3.84. The molecule has 0 radical (unpaired) electrons. The minimum atomic E-state index is -3.91. The molecule has 0 N–H and O–H groups in total. The van der Waals surface area contributed by atoms with Gasteiger partial charge in [-0.3, -0.25) is 0 Å². The lowest BCUT2D eigenvalue weighted by Crippen LogP contribution is -2.08. The first-order chi connectivity index (χ1) is 9.20. The molecule has 108 valence electrons. The van der Waals surface area contributed by atoms with E-state index in [0.717, 1.165) is 0 Å². The van der Waals surface area contributed by atoms with Gasteiger partial charge < -0.3 is 0 Å². The highest BCUT2D eigenvalue weighted by molar-refractivity contribution is 5.86. The highest BCUT2D eigenvalue weighted by Crippen LogP contribution is 2.37. The summed E-state index contributed by atoms with van der Waals surface area (Å²) in [5.74, 6) is -17.2. The van der Waals surface area contributed by atoms with Crippen LogP contribution in [0, 0.1) is 40.7 Å². The van der Waals surface area contributed by atoms with Crippen LogP contribution in [0.25, 0.3) is 10.8 Å². The largest absolute Gasteiger partial charge is 0.269 e. The van der Waals surface area contributed by atoms with E-state index in [-0.39, 0.29) is 0 Å². The maximum Gasteiger partial charge on any atom is 0.269 e. The lowest BCUT2D eigenvalue weighted by Gasteiger charge is -2.11. The second-order valence-corrected chi connectivity index (χ2v) is 3.66. The molecule has 20 heavy (non-hydrogen) atoms. The van der Waals surface area contributed by atoms with Crippen molar-refractivity contribution >= 4 is 10.8 Å². The van der Waals surface area contributed by atoms with Gasteiger partial charge in [0.2, 0.25) is 0 Å². The maximum absolute atomic E-state index is 13.5. The van der Waals surface area contributed by atoms with Gasteiger partial charge in [-0.1, -0.05) is 0 Å². The Kier molecular flexibility index (Phi) is 3.31. The van der Waals surface area contributed by atoms with Crippen molar-refractivity contribution in [3.8, 4) is 0 Å². The van der Waals surface area contributed by atoms with Crippen LogP contribution in [0.5, 0.6) is 0 Å². The van der Waals surface area contributed by atoms with Gasteiger partial charge in [0.05, 0.1) is 16.3 Å². The molecule has 0 unspecified atom stereocenters. The van der Waals surface area contributed by atoms with Crippen LogP contribution >= 0.6 is 0 Å². The summed E-state index contributed by atoms with van der Waals surface area (Å²) in [4.78, 5) is 0. The molecule has 2 rings (SSSR count). The van der Waals surface area contributed by atoms with Gasteiger partial charge in [-0.2, -0.15) is 0 Å². The summed E-state index contributed by atoms with van der Waals surface area (Å²) in [6.07, 6.45) is -3.91. The van der Waals surface area contributed by atoms with Crippen LogP contribution < -0.4 is 0 Å². The molecule has 0 atom stereocenters. The van der Waals surface area contributed by atoms with Crippen LogP contribution in [0.15, 0.2) is 0 Å². The normalized spacial score (nSPS) is 11.7. The van der Waals surface area contributed by atoms with Crippen molar-refractivity contribution in [2.75, 3.05) is 0 Å². The Labute approximate surface area is 104 Å². The number of halogens is 9. The molecule has 0 aliphatic heterocycles. The van der Waals surface area contributed by atoms with Crippen molar-refractivity contribution in [2.24, 2.45) is 0 Å². The smallest absolute Gasteiger partial charge is 0.206 e. The number of alkyl halides is 2. The van der Waals surface area contributed by atoms with Crippen molar-refractivity contribution in [2.45, 2.75) is 6.43 Å². The fourth-order valence-corrected chi connectivity index (χ4v) is 1.69. The monoisotopic (exact) mass is 304 g/mol. The fraction of sp³-hybridized carbons (Fsp3) is 0.0909. The molecule has 2 aromatic carbocycles. The van der Waals surface area contributed by atoms with Crippen molar-refractivity contribution in [1.29, 1.82) is 0 Å². The lowest BCUT2D eigenvalue weighted by atomic mass is 10.0. The average Bonchev–Trinajstić information content (AvgIpc) is 2.37. The Hall–Kier alpha value is -1.93. The summed E-state index contributed by atoms with van der Waals surface area (Å²) >= 11 is 0. The zero-order chi connectivity index (χ0) is 15.4. The van der Waals surface area contributed by atoms with E-state index >= 15 is 0 Å². The number of hydrogen-bond donors (Lipinski definition) is 0. The summed E-state index contributed by atoms with van der Waals surface area (Å²) in [6.45, 7) is 0. The maximum atomic E-state index is 13.5. The molecule has 0 saturated carbocycles. The topological polar surface area (TPSA) is 0 Å². The highest BCUT2D eigenvalue weighted by atomic mass is 19.3. The predicted octanol–water partition coefficient (Wildman–Crippen LogP) is 4.75. The third-order valence-corrected chi connectivity index (χ3v) is 2.59. The van der Waals surface area contributed by atoms with Crippen LogP contribution in [0.4, 0.5) is 39.5 Å². The van der Waals surface area contributed by atoms with Gasteiger partial charge in [0.15, 0.2) is 34.9 Å². The summed E-state index contributed by atoms with van der Waals surface area (Å²) < 4.78 is 117. The predicted molar refractivity (Wildman–Crippen MR) is 48.6 cm³/mol. The molecular weight excluding hydrogens is 303 g/mol. The van der Waals surface area contributed by atoms with Gasteiger partial charge in [-0.25, -0.2) is 39.5 Å². The molecule has 2 aromatic rings. The van der Waals surface area contributed by atoms with Gasteiger partial charge in [-0.05, 0) is 0 Å². The lowest BCUT2D eigenvalue weighted by molar-refractivity contribution is 0.140. The highest BCUT2D eigenvalue weighted by Gasteiger charge is 2.33. The molecular formula is C11HF9. The Bertz CT molecular complexity index is 720. The second-order valence-electron chi connectivity index (χ2n) is 3.66. The summed E-state index contributed by atoms with van der Waals surface area (Å²) in [5.41, 5.74) is -2.20. The van der Waals surface area contributed by atoms with Crippen LogP contribution in [-0.2, 0) is 0 Å². The van der Waals surface area contributed by atoms with Crippen LogP contribution in [-0.4, -0.2) is 0 Å². The Balaban J connectivity index is 3.17. The zero-order valence-corrected chi connectivity index (χ0v) is 8.98. The van der Waals surface area contributed by atoms with Gasteiger partial charge in [0.25, 0.3) is 6.43 Å². The molecule has 0 aliphatic carbocycles. The van der Waals surface area contributed by atoms with Crippen molar-refractivity contribution < 1.29 is 39.5 Å². The first-order valence-electron chi connectivity index (χ1n) is 4.80. The molecule has 0 bridgehead atoms. The fourth-order valence-electron chi connectivity index (χ4n) is 1.69. The molecule has 0 heterocycles. The molecule has 0 amide bonds. The quantitative estimate of drug-likeness (QED) is 0.405. The average molecular weight is 304 g/mol. The van der Waals surface area contributed by atoms with Crippen LogP contribution in [0.3, 0.4) is 0 Å². The number of rotatable bonds is 1. The van der Waals surface area contributed by atoms with E-state index in [1.807, 2.05) is 0 Å². The molecule has 0 fully saturated rings. The Morgan fingerprint density at radius 3 is 1.20 bits per heavy atom.